The van der Waals surface area contributed by atoms with Crippen molar-refractivity contribution < 1.29 is 19.1 Å². The molecule has 1 unspecified atom stereocenters. The van der Waals surface area contributed by atoms with Gasteiger partial charge in [0.15, 0.2) is 0 Å². The zero-order chi connectivity index (χ0) is 20.0. The Balaban J connectivity index is 1.30. The summed E-state index contributed by atoms with van der Waals surface area (Å²) in [6.07, 6.45) is 0.666. The number of hydrogen-bond acceptors (Lipinski definition) is 6. The Bertz CT molecular complexity index is 843. The van der Waals surface area contributed by atoms with Crippen molar-refractivity contribution in [3.63, 3.8) is 0 Å². The molecular formula is C21H26N4O4. The van der Waals surface area contributed by atoms with Gasteiger partial charge in [0.2, 0.25) is 11.8 Å². The first kappa shape index (κ1) is 18.7. The number of hydrogen-bond donors (Lipinski definition) is 2. The van der Waals surface area contributed by atoms with E-state index in [9.17, 15) is 14.4 Å². The SMILES string of the molecule is O=C1CCC(N2Cc3ccc(CN4C[C@H]5CN[C@@H](COC5)C4)cc3C2=O)C(=O)N1. The molecule has 0 radical (unpaired) electrons. The maximum Gasteiger partial charge on any atom is 0.255 e. The predicted molar refractivity (Wildman–Crippen MR) is 104 cm³/mol. The molecule has 3 saturated heterocycles. The smallest absolute Gasteiger partial charge is 0.255 e. The lowest BCUT2D eigenvalue weighted by atomic mass is 10.0. The van der Waals surface area contributed by atoms with E-state index in [1.54, 1.807) is 4.90 Å². The van der Waals surface area contributed by atoms with Gasteiger partial charge in [0.1, 0.15) is 6.04 Å². The Hall–Kier alpha value is -2.29. The second-order valence-corrected chi connectivity index (χ2v) is 8.59. The molecule has 8 heteroatoms. The Kier molecular flexibility index (Phi) is 4.85. The number of carbonyl (C=O) groups excluding carboxylic acids is 3. The van der Waals surface area contributed by atoms with Crippen LogP contribution in [-0.2, 0) is 27.4 Å². The molecule has 0 aliphatic carbocycles. The largest absolute Gasteiger partial charge is 0.379 e. The summed E-state index contributed by atoms with van der Waals surface area (Å²) in [6.45, 7) is 5.68. The first-order valence-corrected chi connectivity index (χ1v) is 10.4. The molecule has 4 aliphatic rings. The van der Waals surface area contributed by atoms with E-state index in [-0.39, 0.29) is 24.1 Å². The molecule has 4 aliphatic heterocycles. The molecular weight excluding hydrogens is 372 g/mol. The Morgan fingerprint density at radius 2 is 2.03 bits per heavy atom. The van der Waals surface area contributed by atoms with Gasteiger partial charge in [0.05, 0.1) is 13.2 Å². The molecule has 5 rings (SSSR count). The number of rotatable bonds is 3. The molecule has 154 valence electrons. The molecule has 1 aromatic rings. The van der Waals surface area contributed by atoms with Crippen LogP contribution >= 0.6 is 0 Å². The van der Waals surface area contributed by atoms with E-state index in [0.29, 0.717) is 30.5 Å². The number of carbonyl (C=O) groups is 3. The van der Waals surface area contributed by atoms with Gasteiger partial charge in [-0.1, -0.05) is 12.1 Å². The number of imide groups is 1. The van der Waals surface area contributed by atoms with Crippen molar-refractivity contribution in [3.8, 4) is 0 Å². The second-order valence-electron chi connectivity index (χ2n) is 8.59. The van der Waals surface area contributed by atoms with E-state index in [4.69, 9.17) is 4.74 Å². The highest BCUT2D eigenvalue weighted by Gasteiger charge is 2.39. The Morgan fingerprint density at radius 3 is 2.90 bits per heavy atom. The summed E-state index contributed by atoms with van der Waals surface area (Å²) in [4.78, 5) is 40.7. The lowest BCUT2D eigenvalue weighted by molar-refractivity contribution is -0.136. The molecule has 2 N–H and O–H groups in total. The average molecular weight is 398 g/mol. The normalized spacial score (nSPS) is 30.1. The van der Waals surface area contributed by atoms with Gasteiger partial charge in [-0.05, 0) is 23.6 Å². The number of fused-ring (bicyclic) bond motifs is 4. The van der Waals surface area contributed by atoms with E-state index in [1.807, 2.05) is 12.1 Å². The zero-order valence-electron chi connectivity index (χ0n) is 16.4. The fourth-order valence-electron chi connectivity index (χ4n) is 4.90. The van der Waals surface area contributed by atoms with E-state index in [2.05, 4.69) is 21.6 Å². The van der Waals surface area contributed by atoms with Gasteiger partial charge in [-0.15, -0.1) is 0 Å². The van der Waals surface area contributed by atoms with Crippen molar-refractivity contribution in [1.29, 1.82) is 0 Å². The van der Waals surface area contributed by atoms with Gasteiger partial charge in [0, 0.05) is 56.7 Å². The van der Waals surface area contributed by atoms with Crippen LogP contribution in [0.4, 0.5) is 0 Å². The number of nitrogens with one attached hydrogen (secondary N) is 2. The van der Waals surface area contributed by atoms with Crippen LogP contribution in [0.15, 0.2) is 18.2 Å². The van der Waals surface area contributed by atoms with Crippen LogP contribution in [0.1, 0.15) is 34.3 Å². The van der Waals surface area contributed by atoms with Gasteiger partial charge in [0.25, 0.3) is 5.91 Å². The van der Waals surface area contributed by atoms with Gasteiger partial charge in [-0.2, -0.15) is 0 Å². The summed E-state index contributed by atoms with van der Waals surface area (Å²) in [7, 11) is 0. The third-order valence-corrected chi connectivity index (χ3v) is 6.36. The quantitative estimate of drug-likeness (QED) is 0.690. The van der Waals surface area contributed by atoms with Gasteiger partial charge in [-0.3, -0.25) is 24.6 Å². The van der Waals surface area contributed by atoms with Crippen molar-refractivity contribution >= 4 is 17.7 Å². The second kappa shape index (κ2) is 7.51. The first-order chi connectivity index (χ1) is 14.1. The van der Waals surface area contributed by atoms with Crippen LogP contribution in [0.5, 0.6) is 0 Å². The highest BCUT2D eigenvalue weighted by Crippen LogP contribution is 2.28. The molecule has 2 bridgehead atoms. The standard InChI is InChI=1S/C21H26N4O4/c26-19-4-3-18(20(27)23-19)25-9-15-2-1-13(5-17(15)21(25)28)7-24-8-14-6-22-16(10-24)12-29-11-14/h1-2,5,14,16,18,22H,3-4,6-12H2,(H,23,26,27)/t14-,16-,18?/m1/s1. The maximum absolute atomic E-state index is 13.0. The minimum absolute atomic E-state index is 0.112. The molecule has 0 saturated carbocycles. The van der Waals surface area contributed by atoms with Gasteiger partial charge < -0.3 is 15.0 Å². The van der Waals surface area contributed by atoms with E-state index < -0.39 is 6.04 Å². The van der Waals surface area contributed by atoms with Crippen LogP contribution in [0.2, 0.25) is 0 Å². The van der Waals surface area contributed by atoms with Gasteiger partial charge in [-0.25, -0.2) is 0 Å². The monoisotopic (exact) mass is 398 g/mol. The van der Waals surface area contributed by atoms with E-state index >= 15 is 0 Å². The number of piperidine rings is 1. The Morgan fingerprint density at radius 1 is 1.14 bits per heavy atom. The van der Waals surface area contributed by atoms with Crippen LogP contribution in [-0.4, -0.2) is 72.5 Å². The van der Waals surface area contributed by atoms with E-state index in [1.165, 1.54) is 0 Å². The van der Waals surface area contributed by atoms with Crippen molar-refractivity contribution in [2.75, 3.05) is 32.8 Å². The summed E-state index contributed by atoms with van der Waals surface area (Å²) in [5, 5.41) is 5.92. The van der Waals surface area contributed by atoms with Crippen molar-refractivity contribution in [3.05, 3.63) is 34.9 Å². The summed E-state index contributed by atoms with van der Waals surface area (Å²) in [5.74, 6) is -0.256. The number of nitrogens with zero attached hydrogens (tertiary/aromatic N) is 2. The fourth-order valence-corrected chi connectivity index (χ4v) is 4.90. The van der Waals surface area contributed by atoms with Crippen LogP contribution in [0, 0.1) is 5.92 Å². The third-order valence-electron chi connectivity index (χ3n) is 6.36. The molecule has 1 aromatic carbocycles. The topological polar surface area (TPSA) is 91.0 Å². The summed E-state index contributed by atoms with van der Waals surface area (Å²) >= 11 is 0. The summed E-state index contributed by atoms with van der Waals surface area (Å²) in [5.41, 5.74) is 2.75. The molecule has 0 aromatic heterocycles. The molecule has 29 heavy (non-hydrogen) atoms. The lowest BCUT2D eigenvalue weighted by Gasteiger charge is -2.29. The van der Waals surface area contributed by atoms with Crippen LogP contribution < -0.4 is 10.6 Å². The maximum atomic E-state index is 13.0. The molecule has 3 atom stereocenters. The van der Waals surface area contributed by atoms with Crippen molar-refractivity contribution in [2.24, 2.45) is 5.92 Å². The number of ether oxygens (including phenoxy) is 1. The molecule has 0 spiro atoms. The van der Waals surface area contributed by atoms with Crippen molar-refractivity contribution in [1.82, 2.24) is 20.4 Å². The van der Waals surface area contributed by atoms with Crippen LogP contribution in [0.25, 0.3) is 0 Å². The average Bonchev–Trinajstić information content (AvgIpc) is 2.83. The summed E-state index contributed by atoms with van der Waals surface area (Å²) in [6, 6.07) is 5.86. The Labute approximate surface area is 169 Å². The lowest BCUT2D eigenvalue weighted by Crippen LogP contribution is -2.52. The predicted octanol–water partition coefficient (Wildman–Crippen LogP) is -0.132. The van der Waals surface area contributed by atoms with Gasteiger partial charge >= 0.3 is 0 Å². The van der Waals surface area contributed by atoms with Crippen molar-refractivity contribution in [2.45, 2.75) is 38.0 Å². The third kappa shape index (κ3) is 3.68. The minimum atomic E-state index is -0.563. The molecule has 3 fully saturated rings. The zero-order valence-corrected chi connectivity index (χ0v) is 16.4. The fraction of sp³-hybridized carbons (Fsp3) is 0.571. The molecule has 3 amide bonds. The number of benzene rings is 1. The highest BCUT2D eigenvalue weighted by molar-refractivity contribution is 6.05. The first-order valence-electron chi connectivity index (χ1n) is 10.4. The molecule has 4 heterocycles. The number of amides is 3. The highest BCUT2D eigenvalue weighted by atomic mass is 16.5. The van der Waals surface area contributed by atoms with E-state index in [0.717, 1.165) is 50.5 Å². The van der Waals surface area contributed by atoms with Crippen LogP contribution in [0.3, 0.4) is 0 Å². The summed E-state index contributed by atoms with van der Waals surface area (Å²) < 4.78 is 5.73. The minimum Gasteiger partial charge on any atom is -0.379 e. The molecule has 8 nitrogen and oxygen atoms in total.